The quantitative estimate of drug-likeness (QED) is 0.652. The molecule has 0 aromatic heterocycles. The van der Waals surface area contributed by atoms with E-state index >= 15 is 0 Å². The van der Waals surface area contributed by atoms with Gasteiger partial charge in [-0.25, -0.2) is 4.39 Å². The van der Waals surface area contributed by atoms with E-state index in [1.54, 1.807) is 19.1 Å². The number of carbonyl (C=O) groups is 1. The molecule has 1 atom stereocenters. The van der Waals surface area contributed by atoms with Crippen molar-refractivity contribution >= 4 is 18.6 Å². The Morgan fingerprint density at radius 3 is 2.38 bits per heavy atom. The predicted molar refractivity (Wildman–Crippen MR) is 90.4 cm³/mol. The van der Waals surface area contributed by atoms with E-state index in [-0.39, 0.29) is 13.0 Å². The number of hydrogen-bond donors (Lipinski definition) is 1. The molecular weight excluding hydrogens is 312 g/mol. The van der Waals surface area contributed by atoms with Crippen molar-refractivity contribution in [3.63, 3.8) is 0 Å². The Balaban J connectivity index is 2.12. The summed E-state index contributed by atoms with van der Waals surface area (Å²) in [7, 11) is -0.761. The fourth-order valence-corrected chi connectivity index (χ4v) is 2.45. The van der Waals surface area contributed by atoms with Crippen LogP contribution in [0.4, 0.5) is 4.39 Å². The number of rotatable bonds is 5. The summed E-state index contributed by atoms with van der Waals surface area (Å²) in [5, 5.41) is 0. The largest absolute Gasteiger partial charge is 0.497 e. The number of nitrogens with two attached hydrogens (primary N) is 1. The second kappa shape index (κ2) is 6.82. The van der Waals surface area contributed by atoms with Gasteiger partial charge in [0.15, 0.2) is 0 Å². The molecular formula is C17H25BFNO4. The van der Waals surface area contributed by atoms with Gasteiger partial charge < -0.3 is 19.8 Å². The Kier molecular flexibility index (Phi) is 5.37. The molecule has 1 heterocycles. The zero-order valence-electron chi connectivity index (χ0n) is 14.9. The highest BCUT2D eigenvalue weighted by atomic mass is 19.1. The Bertz CT molecular complexity index is 605. The minimum Gasteiger partial charge on any atom is -0.465 e. The number of benzene rings is 1. The maximum absolute atomic E-state index is 14.5. The first kappa shape index (κ1) is 18.9. The van der Waals surface area contributed by atoms with Crippen LogP contribution in [0.3, 0.4) is 0 Å². The lowest BCUT2D eigenvalue weighted by atomic mass is 9.78. The van der Waals surface area contributed by atoms with Gasteiger partial charge >= 0.3 is 13.1 Å². The topological polar surface area (TPSA) is 70.8 Å². The number of carbonyl (C=O) groups excluding carboxylic acids is 1. The third kappa shape index (κ3) is 3.79. The van der Waals surface area contributed by atoms with E-state index in [9.17, 15) is 9.18 Å². The molecule has 0 amide bonds. The third-order valence-corrected chi connectivity index (χ3v) is 4.62. The summed E-state index contributed by atoms with van der Waals surface area (Å²) in [5.41, 5.74) is 5.66. The zero-order valence-corrected chi connectivity index (χ0v) is 14.9. The normalized spacial score (nSPS) is 20.0. The van der Waals surface area contributed by atoms with Gasteiger partial charge in [-0.3, -0.25) is 4.79 Å². The van der Waals surface area contributed by atoms with Crippen LogP contribution in [0.25, 0.3) is 0 Å². The molecule has 132 valence electrons. The van der Waals surface area contributed by atoms with Gasteiger partial charge in [-0.1, -0.05) is 12.1 Å². The molecule has 0 spiro atoms. The van der Waals surface area contributed by atoms with Crippen LogP contribution in [-0.4, -0.2) is 36.9 Å². The highest BCUT2D eigenvalue weighted by Crippen LogP contribution is 2.36. The van der Waals surface area contributed by atoms with Gasteiger partial charge in [0.1, 0.15) is 11.9 Å². The second-order valence-electron chi connectivity index (χ2n) is 7.01. The van der Waals surface area contributed by atoms with Crippen molar-refractivity contribution in [1.82, 2.24) is 0 Å². The summed E-state index contributed by atoms with van der Waals surface area (Å²) in [6.07, 6.45) is 0.208. The molecule has 1 aromatic rings. The van der Waals surface area contributed by atoms with E-state index in [0.717, 1.165) is 0 Å². The van der Waals surface area contributed by atoms with Gasteiger partial charge in [0.05, 0.1) is 17.8 Å². The SMILES string of the molecule is CCOC(=O)C(N)Cc1ccc(B2OC(C)(C)C(C)(C)O2)c(F)c1. The standard InChI is InChI=1S/C17H25BFNO4/c1-6-22-15(21)14(20)10-11-7-8-12(13(19)9-11)18-23-16(2,3)17(4,5)24-18/h7-9,14H,6,10,20H2,1-5H3. The van der Waals surface area contributed by atoms with Crippen molar-refractivity contribution in [2.45, 2.75) is 58.3 Å². The van der Waals surface area contributed by atoms with Crippen molar-refractivity contribution in [2.75, 3.05) is 6.61 Å². The molecule has 24 heavy (non-hydrogen) atoms. The van der Waals surface area contributed by atoms with Crippen LogP contribution >= 0.6 is 0 Å². The van der Waals surface area contributed by atoms with E-state index < -0.39 is 36.1 Å². The summed E-state index contributed by atoms with van der Waals surface area (Å²) >= 11 is 0. The molecule has 0 saturated carbocycles. The Morgan fingerprint density at radius 2 is 1.88 bits per heavy atom. The summed E-state index contributed by atoms with van der Waals surface area (Å²) in [5.74, 6) is -0.935. The number of esters is 1. The van der Waals surface area contributed by atoms with Gasteiger partial charge in [0, 0.05) is 5.46 Å². The molecule has 0 bridgehead atoms. The Labute approximate surface area is 142 Å². The van der Waals surface area contributed by atoms with Gasteiger partial charge in [0.2, 0.25) is 0 Å². The van der Waals surface area contributed by atoms with Gasteiger partial charge in [-0.2, -0.15) is 0 Å². The van der Waals surface area contributed by atoms with Crippen LogP contribution in [0, 0.1) is 5.82 Å². The molecule has 0 aliphatic carbocycles. The van der Waals surface area contributed by atoms with Crippen LogP contribution in [-0.2, 0) is 25.3 Å². The molecule has 1 saturated heterocycles. The van der Waals surface area contributed by atoms with Gasteiger partial charge in [-0.05, 0) is 52.7 Å². The average molecular weight is 337 g/mol. The minimum absolute atomic E-state index is 0.208. The van der Waals surface area contributed by atoms with Crippen LogP contribution in [0.1, 0.15) is 40.2 Å². The highest BCUT2D eigenvalue weighted by Gasteiger charge is 2.52. The first-order valence-corrected chi connectivity index (χ1v) is 8.13. The van der Waals surface area contributed by atoms with Crippen LogP contribution in [0.2, 0.25) is 0 Å². The number of hydrogen-bond acceptors (Lipinski definition) is 5. The Morgan fingerprint density at radius 1 is 1.29 bits per heavy atom. The van der Waals surface area contributed by atoms with E-state index in [1.807, 2.05) is 27.7 Å². The molecule has 0 radical (unpaired) electrons. The van der Waals surface area contributed by atoms with Gasteiger partial charge in [0.25, 0.3) is 0 Å². The number of ether oxygens (including phenoxy) is 1. The maximum atomic E-state index is 14.5. The summed E-state index contributed by atoms with van der Waals surface area (Å²) < 4.78 is 31.1. The van der Waals surface area contributed by atoms with Crippen LogP contribution in [0.15, 0.2) is 18.2 Å². The molecule has 1 aliphatic heterocycles. The second-order valence-corrected chi connectivity index (χ2v) is 7.01. The number of halogens is 1. The fraction of sp³-hybridized carbons (Fsp3) is 0.588. The van der Waals surface area contributed by atoms with Crippen molar-refractivity contribution in [2.24, 2.45) is 5.73 Å². The van der Waals surface area contributed by atoms with Crippen LogP contribution in [0.5, 0.6) is 0 Å². The predicted octanol–water partition coefficient (Wildman–Crippen LogP) is 1.56. The van der Waals surface area contributed by atoms with E-state index in [2.05, 4.69) is 0 Å². The fourth-order valence-electron chi connectivity index (χ4n) is 2.45. The zero-order chi connectivity index (χ0) is 18.1. The average Bonchev–Trinajstić information content (AvgIpc) is 2.67. The van der Waals surface area contributed by atoms with Crippen molar-refractivity contribution < 1.29 is 23.2 Å². The Hall–Kier alpha value is -1.44. The lowest BCUT2D eigenvalue weighted by Gasteiger charge is -2.32. The first-order chi connectivity index (χ1) is 11.1. The first-order valence-electron chi connectivity index (χ1n) is 8.13. The smallest absolute Gasteiger partial charge is 0.465 e. The summed E-state index contributed by atoms with van der Waals surface area (Å²) in [6.45, 7) is 9.63. The van der Waals surface area contributed by atoms with Crippen molar-refractivity contribution in [1.29, 1.82) is 0 Å². The molecule has 1 unspecified atom stereocenters. The molecule has 1 aromatic carbocycles. The highest BCUT2D eigenvalue weighted by molar-refractivity contribution is 6.62. The van der Waals surface area contributed by atoms with E-state index in [0.29, 0.717) is 11.0 Å². The lowest BCUT2D eigenvalue weighted by Crippen LogP contribution is -2.41. The third-order valence-electron chi connectivity index (χ3n) is 4.62. The maximum Gasteiger partial charge on any atom is 0.497 e. The lowest BCUT2D eigenvalue weighted by molar-refractivity contribution is -0.144. The van der Waals surface area contributed by atoms with Crippen molar-refractivity contribution in [3.8, 4) is 0 Å². The van der Waals surface area contributed by atoms with E-state index in [1.165, 1.54) is 6.07 Å². The molecule has 5 nitrogen and oxygen atoms in total. The summed E-state index contributed by atoms with van der Waals surface area (Å²) in [6, 6.07) is 3.89. The monoisotopic (exact) mass is 337 g/mol. The van der Waals surface area contributed by atoms with Crippen LogP contribution < -0.4 is 11.2 Å². The molecule has 7 heteroatoms. The minimum atomic E-state index is -0.813. The molecule has 1 aliphatic rings. The molecule has 1 fully saturated rings. The molecule has 2 N–H and O–H groups in total. The van der Waals surface area contributed by atoms with Crippen molar-refractivity contribution in [3.05, 3.63) is 29.6 Å². The summed E-state index contributed by atoms with van der Waals surface area (Å²) in [4.78, 5) is 11.6. The van der Waals surface area contributed by atoms with E-state index in [4.69, 9.17) is 19.8 Å². The molecule has 2 rings (SSSR count). The van der Waals surface area contributed by atoms with Gasteiger partial charge in [-0.15, -0.1) is 0 Å².